The minimum atomic E-state index is -5.15. The molecule has 3 nitrogen and oxygen atoms in total. The molecule has 9 heteroatoms. The van der Waals surface area contributed by atoms with Crippen LogP contribution >= 0.6 is 0 Å². The number of alkyl halides is 5. The van der Waals surface area contributed by atoms with E-state index in [0.29, 0.717) is 0 Å². The van der Waals surface area contributed by atoms with E-state index in [2.05, 4.69) is 9.72 Å². The van der Waals surface area contributed by atoms with E-state index in [0.717, 1.165) is 7.11 Å². The lowest BCUT2D eigenvalue weighted by Gasteiger charge is -2.12. The summed E-state index contributed by atoms with van der Waals surface area (Å²) in [5, 5.41) is 0. The van der Waals surface area contributed by atoms with Crippen LogP contribution in [-0.2, 0) is 22.1 Å². The van der Waals surface area contributed by atoms with Crippen LogP contribution in [0.15, 0.2) is 6.07 Å². The summed E-state index contributed by atoms with van der Waals surface area (Å²) in [7, 11) is 0.949. The van der Waals surface area contributed by atoms with Gasteiger partial charge in [-0.1, -0.05) is 0 Å². The lowest BCUT2D eigenvalue weighted by Crippen LogP contribution is -2.16. The van der Waals surface area contributed by atoms with Gasteiger partial charge in [-0.25, -0.2) is 13.8 Å². The first-order valence-corrected chi connectivity index (χ1v) is 4.78. The first kappa shape index (κ1) is 15.3. The average Bonchev–Trinajstić information content (AvgIpc) is 2.26. The molecule has 0 saturated heterocycles. The molecular weight excluding hydrogens is 280 g/mol. The molecule has 0 unspecified atom stereocenters. The van der Waals surface area contributed by atoms with Crippen molar-refractivity contribution in [2.45, 2.75) is 19.0 Å². The number of esters is 1. The van der Waals surface area contributed by atoms with Crippen LogP contribution in [0.4, 0.5) is 26.3 Å². The van der Waals surface area contributed by atoms with E-state index in [-0.39, 0.29) is 6.07 Å². The molecule has 0 radical (unpaired) electrons. The Kier molecular flexibility index (Phi) is 4.38. The van der Waals surface area contributed by atoms with Crippen molar-refractivity contribution >= 4 is 5.97 Å². The molecule has 0 fully saturated rings. The first-order chi connectivity index (χ1) is 8.66. The quantitative estimate of drug-likeness (QED) is 0.487. The van der Waals surface area contributed by atoms with Gasteiger partial charge >= 0.3 is 12.1 Å². The van der Waals surface area contributed by atoms with Crippen LogP contribution in [0.2, 0.25) is 0 Å². The van der Waals surface area contributed by atoms with Crippen LogP contribution in [0.1, 0.15) is 23.2 Å². The first-order valence-electron chi connectivity index (χ1n) is 4.78. The number of methoxy groups -OCH3 is 1. The molecule has 1 heterocycles. The van der Waals surface area contributed by atoms with E-state index < -0.39 is 47.8 Å². The van der Waals surface area contributed by atoms with Gasteiger partial charge in [0.2, 0.25) is 5.95 Å². The van der Waals surface area contributed by atoms with Crippen LogP contribution in [0, 0.1) is 5.95 Å². The van der Waals surface area contributed by atoms with Crippen molar-refractivity contribution in [2.75, 3.05) is 7.11 Å². The zero-order valence-electron chi connectivity index (χ0n) is 9.39. The Morgan fingerprint density at radius 3 is 2.42 bits per heavy atom. The third-order valence-electron chi connectivity index (χ3n) is 2.17. The summed E-state index contributed by atoms with van der Waals surface area (Å²) in [5.74, 6) is -2.98. The number of nitrogens with zero attached hydrogens (tertiary/aromatic N) is 1. The number of hydrogen-bond donors (Lipinski definition) is 0. The predicted octanol–water partition coefficient (Wildman–Crippen LogP) is 2.89. The van der Waals surface area contributed by atoms with Gasteiger partial charge in [-0.05, 0) is 6.07 Å². The van der Waals surface area contributed by atoms with Gasteiger partial charge < -0.3 is 4.74 Å². The Morgan fingerprint density at radius 2 is 2.00 bits per heavy atom. The minimum absolute atomic E-state index is 0.0503. The number of pyridine rings is 1. The normalized spacial score (nSPS) is 11.8. The number of carbonyl (C=O) groups excluding carboxylic acids is 1. The number of halogens is 6. The number of ether oxygens (including phenoxy) is 1. The van der Waals surface area contributed by atoms with E-state index in [1.807, 2.05) is 0 Å². The molecule has 0 aromatic carbocycles. The highest BCUT2D eigenvalue weighted by Gasteiger charge is 2.37. The maximum Gasteiger partial charge on any atom is 0.420 e. The SMILES string of the molecule is COC(=O)Cc1nc(F)c(C(F)(F)F)cc1C(F)F. The molecular formula is C10H7F6NO2. The van der Waals surface area contributed by atoms with E-state index in [4.69, 9.17) is 0 Å². The van der Waals surface area contributed by atoms with Gasteiger partial charge in [0.1, 0.15) is 5.56 Å². The second-order valence-electron chi connectivity index (χ2n) is 3.41. The molecule has 0 atom stereocenters. The van der Waals surface area contributed by atoms with Crippen LogP contribution in [0.3, 0.4) is 0 Å². The summed E-state index contributed by atoms with van der Waals surface area (Å²) in [4.78, 5) is 13.7. The Balaban J connectivity index is 3.33. The lowest BCUT2D eigenvalue weighted by atomic mass is 10.1. The maximum absolute atomic E-state index is 13.1. The summed E-state index contributed by atoms with van der Waals surface area (Å²) in [6.45, 7) is 0. The Morgan fingerprint density at radius 1 is 1.42 bits per heavy atom. The van der Waals surface area contributed by atoms with Crippen molar-refractivity contribution in [3.05, 3.63) is 28.8 Å². The van der Waals surface area contributed by atoms with Crippen LogP contribution in [-0.4, -0.2) is 18.1 Å². The zero-order valence-corrected chi connectivity index (χ0v) is 9.39. The Bertz CT molecular complexity index is 486. The molecule has 0 aliphatic carbocycles. The highest BCUT2D eigenvalue weighted by molar-refractivity contribution is 5.72. The van der Waals surface area contributed by atoms with Crippen LogP contribution in [0.5, 0.6) is 0 Å². The van der Waals surface area contributed by atoms with E-state index >= 15 is 0 Å². The summed E-state index contributed by atoms with van der Waals surface area (Å²) < 4.78 is 79.5. The standard InChI is InChI=1S/C10H7F6NO2/c1-19-7(18)3-6-4(8(11)12)2-5(9(13)17-6)10(14,15)16/h2,8H,3H2,1H3. The molecule has 0 bridgehead atoms. The predicted molar refractivity (Wildman–Crippen MR) is 49.9 cm³/mol. The van der Waals surface area contributed by atoms with Crippen LogP contribution < -0.4 is 0 Å². The summed E-state index contributed by atoms with van der Waals surface area (Å²) in [6, 6.07) is -0.0503. The van der Waals surface area contributed by atoms with Gasteiger partial charge in [0.25, 0.3) is 6.43 Å². The highest BCUT2D eigenvalue weighted by Crippen LogP contribution is 2.34. The number of rotatable bonds is 3. The van der Waals surface area contributed by atoms with E-state index in [1.54, 1.807) is 0 Å². The fourth-order valence-corrected chi connectivity index (χ4v) is 1.28. The second kappa shape index (κ2) is 5.45. The number of hydrogen-bond acceptors (Lipinski definition) is 3. The fourth-order valence-electron chi connectivity index (χ4n) is 1.28. The second-order valence-corrected chi connectivity index (χ2v) is 3.41. The van der Waals surface area contributed by atoms with Crippen molar-refractivity contribution in [2.24, 2.45) is 0 Å². The van der Waals surface area contributed by atoms with Crippen molar-refractivity contribution in [3.63, 3.8) is 0 Å². The molecule has 19 heavy (non-hydrogen) atoms. The van der Waals surface area contributed by atoms with E-state index in [9.17, 15) is 31.1 Å². The van der Waals surface area contributed by atoms with Crippen molar-refractivity contribution in [1.82, 2.24) is 4.98 Å². The maximum atomic E-state index is 13.1. The van der Waals surface area contributed by atoms with Gasteiger partial charge in [0.15, 0.2) is 0 Å². The summed E-state index contributed by atoms with van der Waals surface area (Å²) >= 11 is 0. The molecule has 0 aliphatic heterocycles. The molecule has 1 rings (SSSR count). The average molecular weight is 287 g/mol. The van der Waals surface area contributed by atoms with Crippen molar-refractivity contribution in [3.8, 4) is 0 Å². The Labute approximate surface area is 103 Å². The molecule has 0 spiro atoms. The lowest BCUT2D eigenvalue weighted by molar-refractivity contribution is -0.140. The summed E-state index contributed by atoms with van der Waals surface area (Å²) in [5.41, 5.74) is -3.84. The molecule has 1 aromatic heterocycles. The highest BCUT2D eigenvalue weighted by atomic mass is 19.4. The number of aromatic nitrogens is 1. The largest absolute Gasteiger partial charge is 0.469 e. The number of carbonyl (C=O) groups is 1. The third-order valence-corrected chi connectivity index (χ3v) is 2.17. The van der Waals surface area contributed by atoms with E-state index in [1.165, 1.54) is 0 Å². The molecule has 0 aliphatic rings. The van der Waals surface area contributed by atoms with Gasteiger partial charge in [-0.15, -0.1) is 0 Å². The minimum Gasteiger partial charge on any atom is -0.469 e. The molecule has 106 valence electrons. The fraction of sp³-hybridized carbons (Fsp3) is 0.400. The Hall–Kier alpha value is -1.80. The smallest absolute Gasteiger partial charge is 0.420 e. The van der Waals surface area contributed by atoms with Gasteiger partial charge in [-0.2, -0.15) is 17.6 Å². The van der Waals surface area contributed by atoms with Crippen LogP contribution in [0.25, 0.3) is 0 Å². The van der Waals surface area contributed by atoms with Gasteiger partial charge in [0.05, 0.1) is 19.2 Å². The zero-order chi connectivity index (χ0) is 14.8. The van der Waals surface area contributed by atoms with Gasteiger partial charge in [-0.3, -0.25) is 4.79 Å². The van der Waals surface area contributed by atoms with Crippen molar-refractivity contribution < 1.29 is 35.9 Å². The topological polar surface area (TPSA) is 39.2 Å². The molecule has 1 aromatic rings. The summed E-state index contributed by atoms with van der Waals surface area (Å²) in [6.07, 6.45) is -9.32. The van der Waals surface area contributed by atoms with Gasteiger partial charge in [0, 0.05) is 5.56 Å². The monoisotopic (exact) mass is 287 g/mol. The molecule has 0 N–H and O–H groups in total. The molecule has 0 amide bonds. The van der Waals surface area contributed by atoms with Crippen molar-refractivity contribution in [1.29, 1.82) is 0 Å². The molecule has 0 saturated carbocycles. The third kappa shape index (κ3) is 3.58.